The molecule has 0 amide bonds. The van der Waals surface area contributed by atoms with E-state index < -0.39 is 9.84 Å². The summed E-state index contributed by atoms with van der Waals surface area (Å²) in [5, 5.41) is 9.62. The van der Waals surface area contributed by atoms with Crippen molar-refractivity contribution in [1.82, 2.24) is 9.78 Å². The number of anilines is 1. The molecule has 1 fully saturated rings. The number of nitrogens with zero attached hydrogens (tertiary/aromatic N) is 3. The van der Waals surface area contributed by atoms with Gasteiger partial charge < -0.3 is 0 Å². The van der Waals surface area contributed by atoms with Gasteiger partial charge in [-0.1, -0.05) is 29.3 Å². The number of halogens is 2. The van der Waals surface area contributed by atoms with Crippen LogP contribution in [0.5, 0.6) is 0 Å². The van der Waals surface area contributed by atoms with Gasteiger partial charge in [0.15, 0.2) is 9.84 Å². The van der Waals surface area contributed by atoms with E-state index >= 15 is 0 Å². The lowest BCUT2D eigenvalue weighted by Gasteiger charge is -2.09. The number of aromatic nitrogens is 2. The highest BCUT2D eigenvalue weighted by molar-refractivity contribution is 7.91. The zero-order valence-electron chi connectivity index (χ0n) is 13.8. The first-order chi connectivity index (χ1) is 11.8. The van der Waals surface area contributed by atoms with Crippen molar-refractivity contribution in [3.8, 4) is 0 Å². The van der Waals surface area contributed by atoms with Crippen LogP contribution >= 0.6 is 23.2 Å². The van der Waals surface area contributed by atoms with Gasteiger partial charge in [-0.3, -0.25) is 5.43 Å². The van der Waals surface area contributed by atoms with Crippen LogP contribution in [-0.2, 0) is 9.84 Å². The summed E-state index contributed by atoms with van der Waals surface area (Å²) in [7, 11) is -3.00. The molecule has 2 heterocycles. The van der Waals surface area contributed by atoms with E-state index in [4.69, 9.17) is 23.2 Å². The number of benzene rings is 1. The molecule has 1 saturated heterocycles. The van der Waals surface area contributed by atoms with Crippen molar-refractivity contribution in [2.45, 2.75) is 26.3 Å². The molecule has 1 aromatic heterocycles. The van der Waals surface area contributed by atoms with Crippen LogP contribution in [0, 0.1) is 13.8 Å². The first-order valence-corrected chi connectivity index (χ1v) is 10.3. The van der Waals surface area contributed by atoms with E-state index in [9.17, 15) is 8.42 Å². The number of hydrogen-bond donors (Lipinski definition) is 1. The summed E-state index contributed by atoms with van der Waals surface area (Å²) in [5.74, 6) is 0.247. The fourth-order valence-electron chi connectivity index (χ4n) is 2.72. The minimum Gasteiger partial charge on any atom is -0.278 e. The van der Waals surface area contributed by atoms with Crippen LogP contribution in [-0.4, -0.2) is 35.9 Å². The first kappa shape index (κ1) is 18.2. The van der Waals surface area contributed by atoms with Gasteiger partial charge in [0.25, 0.3) is 0 Å². The van der Waals surface area contributed by atoms with Crippen LogP contribution in [0.1, 0.15) is 29.3 Å². The Morgan fingerprint density at radius 3 is 2.76 bits per heavy atom. The highest BCUT2D eigenvalue weighted by Gasteiger charge is 2.31. The van der Waals surface area contributed by atoms with Crippen molar-refractivity contribution in [2.24, 2.45) is 5.10 Å². The van der Waals surface area contributed by atoms with E-state index in [2.05, 4.69) is 15.6 Å². The number of nitrogens with one attached hydrogen (secondary N) is 1. The van der Waals surface area contributed by atoms with Crippen LogP contribution in [0.2, 0.25) is 10.2 Å². The Bertz CT molecular complexity index is 938. The molecule has 1 atom stereocenters. The minimum absolute atomic E-state index is 0.0739. The second kappa shape index (κ2) is 6.97. The molecule has 1 aliphatic rings. The lowest BCUT2D eigenvalue weighted by Crippen LogP contribution is -2.12. The fraction of sp³-hybridized carbons (Fsp3) is 0.375. The SMILES string of the molecule is Cc1ccc(N/N=C\c2c(C)nn([C@@H]3CCS(=O)(=O)C3)c2Cl)cc1Cl. The number of sulfone groups is 1. The van der Waals surface area contributed by atoms with Crippen LogP contribution in [0.4, 0.5) is 5.69 Å². The van der Waals surface area contributed by atoms with Crippen molar-refractivity contribution in [2.75, 3.05) is 16.9 Å². The second-order valence-electron chi connectivity index (χ2n) is 6.13. The van der Waals surface area contributed by atoms with Gasteiger partial charge in [0.1, 0.15) is 5.15 Å². The average molecular weight is 401 g/mol. The highest BCUT2D eigenvalue weighted by atomic mass is 35.5. The monoisotopic (exact) mass is 400 g/mol. The maximum absolute atomic E-state index is 11.7. The van der Waals surface area contributed by atoms with Gasteiger partial charge in [0.05, 0.1) is 40.7 Å². The summed E-state index contributed by atoms with van der Waals surface area (Å²) in [4.78, 5) is 0. The number of rotatable bonds is 4. The molecule has 3 rings (SSSR count). The maximum Gasteiger partial charge on any atom is 0.152 e. The normalized spacial score (nSPS) is 19.6. The molecule has 0 spiro atoms. The van der Waals surface area contributed by atoms with Gasteiger partial charge in [-0.2, -0.15) is 10.2 Å². The van der Waals surface area contributed by atoms with E-state index in [1.807, 2.05) is 26.0 Å². The Morgan fingerprint density at radius 2 is 2.12 bits per heavy atom. The summed E-state index contributed by atoms with van der Waals surface area (Å²) < 4.78 is 24.9. The molecular formula is C16H18Cl2N4O2S. The van der Waals surface area contributed by atoms with Crippen LogP contribution < -0.4 is 5.43 Å². The molecule has 0 radical (unpaired) electrons. The van der Waals surface area contributed by atoms with Crippen molar-refractivity contribution in [3.63, 3.8) is 0 Å². The molecule has 1 aliphatic heterocycles. The van der Waals surface area contributed by atoms with Crippen molar-refractivity contribution >= 4 is 44.9 Å². The molecule has 0 bridgehead atoms. The van der Waals surface area contributed by atoms with Crippen LogP contribution in [0.25, 0.3) is 0 Å². The summed E-state index contributed by atoms with van der Waals surface area (Å²) in [5.41, 5.74) is 6.01. The van der Waals surface area contributed by atoms with E-state index in [1.165, 1.54) is 0 Å². The highest BCUT2D eigenvalue weighted by Crippen LogP contribution is 2.29. The van der Waals surface area contributed by atoms with E-state index in [0.717, 1.165) is 11.3 Å². The molecule has 0 aliphatic carbocycles. The van der Waals surface area contributed by atoms with E-state index in [-0.39, 0.29) is 17.5 Å². The summed E-state index contributed by atoms with van der Waals surface area (Å²) >= 11 is 12.5. The van der Waals surface area contributed by atoms with Gasteiger partial charge in [-0.15, -0.1) is 0 Å². The standard InChI is InChI=1S/C16H18Cl2N4O2S/c1-10-3-4-12(7-15(10)17)20-19-8-14-11(2)21-22(16(14)18)13-5-6-25(23,24)9-13/h3-4,7-8,13,20H,5-6,9H2,1-2H3/b19-8-/t13-/m1/s1. The lowest BCUT2D eigenvalue weighted by atomic mass is 10.2. The third kappa shape index (κ3) is 3.99. The quantitative estimate of drug-likeness (QED) is 0.627. The number of hydrogen-bond acceptors (Lipinski definition) is 5. The predicted molar refractivity (Wildman–Crippen MR) is 102 cm³/mol. The Balaban J connectivity index is 1.77. The number of hydrazone groups is 1. The molecule has 1 N–H and O–H groups in total. The fourth-order valence-corrected chi connectivity index (χ4v) is 4.96. The van der Waals surface area contributed by atoms with Gasteiger partial charge in [0, 0.05) is 5.02 Å². The van der Waals surface area contributed by atoms with E-state index in [0.29, 0.717) is 27.9 Å². The van der Waals surface area contributed by atoms with Gasteiger partial charge in [0.2, 0.25) is 0 Å². The zero-order chi connectivity index (χ0) is 18.2. The largest absolute Gasteiger partial charge is 0.278 e. The molecule has 1 aromatic carbocycles. The van der Waals surface area contributed by atoms with Crippen LogP contribution in [0.15, 0.2) is 23.3 Å². The molecule has 9 heteroatoms. The van der Waals surface area contributed by atoms with Gasteiger partial charge >= 0.3 is 0 Å². The number of aryl methyl sites for hydroxylation is 2. The lowest BCUT2D eigenvalue weighted by molar-refractivity contribution is 0.497. The van der Waals surface area contributed by atoms with Gasteiger partial charge in [-0.05, 0) is 38.0 Å². The second-order valence-corrected chi connectivity index (χ2v) is 9.12. The third-order valence-corrected chi connectivity index (χ3v) is 6.72. The molecule has 6 nitrogen and oxygen atoms in total. The van der Waals surface area contributed by atoms with Gasteiger partial charge in [-0.25, -0.2) is 13.1 Å². The molecule has 25 heavy (non-hydrogen) atoms. The summed E-state index contributed by atoms with van der Waals surface area (Å²) in [6.07, 6.45) is 2.11. The smallest absolute Gasteiger partial charge is 0.152 e. The third-order valence-electron chi connectivity index (χ3n) is 4.18. The Hall–Kier alpha value is -1.57. The van der Waals surface area contributed by atoms with E-state index in [1.54, 1.807) is 17.0 Å². The van der Waals surface area contributed by atoms with Crippen molar-refractivity contribution in [3.05, 3.63) is 45.2 Å². The Kier molecular flexibility index (Phi) is 5.09. The average Bonchev–Trinajstić information content (AvgIpc) is 3.04. The molecule has 2 aromatic rings. The molecule has 0 unspecified atom stereocenters. The Morgan fingerprint density at radius 1 is 1.36 bits per heavy atom. The first-order valence-electron chi connectivity index (χ1n) is 7.77. The Labute approximate surface area is 156 Å². The molecule has 134 valence electrons. The topological polar surface area (TPSA) is 76.3 Å². The molecular weight excluding hydrogens is 383 g/mol. The predicted octanol–water partition coefficient (Wildman–Crippen LogP) is 3.61. The van der Waals surface area contributed by atoms with Crippen LogP contribution in [0.3, 0.4) is 0 Å². The minimum atomic E-state index is -3.00. The zero-order valence-corrected chi connectivity index (χ0v) is 16.2. The van der Waals surface area contributed by atoms with Crippen molar-refractivity contribution < 1.29 is 8.42 Å². The molecule has 0 saturated carbocycles. The summed E-state index contributed by atoms with van der Waals surface area (Å²) in [6.45, 7) is 3.74. The van der Waals surface area contributed by atoms with Crippen molar-refractivity contribution in [1.29, 1.82) is 0 Å². The maximum atomic E-state index is 11.7. The summed E-state index contributed by atoms with van der Waals surface area (Å²) in [6, 6.07) is 5.34.